The van der Waals surface area contributed by atoms with Gasteiger partial charge in [-0.1, -0.05) is 93.6 Å². The fourth-order valence-corrected chi connectivity index (χ4v) is 7.64. The minimum atomic E-state index is -0.505. The Bertz CT molecular complexity index is 1360. The number of carbonyl (C=O) groups excluding carboxylic acids is 1. The fourth-order valence-electron chi connectivity index (χ4n) is 4.36. The molecule has 0 radical (unpaired) electrons. The summed E-state index contributed by atoms with van der Waals surface area (Å²) in [6, 6.07) is 24.3. The van der Waals surface area contributed by atoms with Crippen molar-refractivity contribution in [2.75, 3.05) is 4.90 Å². The summed E-state index contributed by atoms with van der Waals surface area (Å²) in [5.74, 6) is 0.00581. The second kappa shape index (κ2) is 7.52. The quantitative estimate of drug-likeness (QED) is 0.223. The lowest BCUT2D eigenvalue weighted by molar-refractivity contribution is 0.0962. The molecule has 2 nitrogen and oxygen atoms in total. The van der Waals surface area contributed by atoms with E-state index in [4.69, 9.17) is 12.2 Å². The van der Waals surface area contributed by atoms with Crippen LogP contribution in [0.2, 0.25) is 0 Å². The number of rotatable bonds is 2. The Hall–Kier alpha value is -2.60. The summed E-state index contributed by atoms with van der Waals surface area (Å²) in [4.78, 5) is 17.3. The lowest BCUT2D eigenvalue weighted by atomic mass is 9.85. The van der Waals surface area contributed by atoms with Gasteiger partial charge < -0.3 is 0 Å². The number of nitrogens with zero attached hydrogens (tertiary/aromatic N) is 1. The molecule has 5 heteroatoms. The molecule has 0 aliphatic carbocycles. The zero-order valence-electron chi connectivity index (χ0n) is 17.5. The molecule has 0 bridgehead atoms. The van der Waals surface area contributed by atoms with Crippen LogP contribution < -0.4 is 4.90 Å². The van der Waals surface area contributed by atoms with Gasteiger partial charge in [-0.05, 0) is 49.6 Å². The van der Waals surface area contributed by atoms with Gasteiger partial charge in [-0.15, -0.1) is 0 Å². The van der Waals surface area contributed by atoms with Crippen molar-refractivity contribution in [1.29, 1.82) is 0 Å². The number of hydrogen-bond acceptors (Lipinski definition) is 4. The molecule has 1 amide bonds. The lowest BCUT2D eigenvalue weighted by Gasteiger charge is -2.43. The molecular formula is C26H21NOS3. The molecule has 0 saturated carbocycles. The van der Waals surface area contributed by atoms with Gasteiger partial charge in [0.05, 0.1) is 16.1 Å². The molecule has 3 aromatic carbocycles. The van der Waals surface area contributed by atoms with E-state index in [0.717, 1.165) is 42.2 Å². The van der Waals surface area contributed by atoms with Crippen LogP contribution in [-0.2, 0) is 5.54 Å². The van der Waals surface area contributed by atoms with Gasteiger partial charge in [-0.25, -0.2) is 0 Å². The summed E-state index contributed by atoms with van der Waals surface area (Å²) in [5.41, 5.74) is 6.41. The zero-order valence-corrected chi connectivity index (χ0v) is 20.0. The standard InChI is InChI=1S/C26H21NOS3/c1-16-13-14-20-21(15-16)27(26(2,3)23-22(20)25(29)31-30-23)24(28)19-12-8-7-11-18(19)17-9-5-4-6-10-17/h4-15H,1-3H3. The molecule has 1 aliphatic rings. The fraction of sp³-hybridized carbons (Fsp3) is 0.154. The van der Waals surface area contributed by atoms with Crippen molar-refractivity contribution >= 4 is 44.5 Å². The first-order valence-corrected chi connectivity index (χ1v) is 12.7. The molecule has 31 heavy (non-hydrogen) atoms. The summed E-state index contributed by atoms with van der Waals surface area (Å²) < 4.78 is 0.898. The average Bonchev–Trinajstić information content (AvgIpc) is 3.17. The third-order valence-corrected chi connectivity index (χ3v) is 9.19. The van der Waals surface area contributed by atoms with E-state index in [1.807, 2.05) is 59.5 Å². The van der Waals surface area contributed by atoms with Crippen molar-refractivity contribution in [3.8, 4) is 22.3 Å². The number of aryl methyl sites for hydroxylation is 1. The first-order chi connectivity index (χ1) is 14.9. The van der Waals surface area contributed by atoms with E-state index >= 15 is 0 Å². The summed E-state index contributed by atoms with van der Waals surface area (Å²) in [6.07, 6.45) is 0. The van der Waals surface area contributed by atoms with Crippen molar-refractivity contribution in [2.45, 2.75) is 26.3 Å². The molecule has 154 valence electrons. The van der Waals surface area contributed by atoms with Gasteiger partial charge in [-0.2, -0.15) is 0 Å². The van der Waals surface area contributed by atoms with Crippen molar-refractivity contribution < 1.29 is 4.79 Å². The summed E-state index contributed by atoms with van der Waals surface area (Å²) in [5, 5.41) is 0. The molecule has 4 aromatic rings. The van der Waals surface area contributed by atoms with Crippen molar-refractivity contribution in [2.24, 2.45) is 0 Å². The van der Waals surface area contributed by atoms with E-state index in [1.165, 1.54) is 0 Å². The van der Waals surface area contributed by atoms with Gasteiger partial charge >= 0.3 is 0 Å². The van der Waals surface area contributed by atoms with E-state index in [9.17, 15) is 4.79 Å². The second-order valence-corrected chi connectivity index (χ2v) is 11.1. The maximum atomic E-state index is 14.2. The molecule has 0 spiro atoms. The van der Waals surface area contributed by atoms with Crippen LogP contribution in [-0.4, -0.2) is 5.91 Å². The smallest absolute Gasteiger partial charge is 0.259 e. The lowest BCUT2D eigenvalue weighted by Crippen LogP contribution is -2.48. The Labute approximate surface area is 194 Å². The van der Waals surface area contributed by atoms with Crippen molar-refractivity contribution in [3.05, 3.63) is 92.6 Å². The third kappa shape index (κ3) is 3.19. The van der Waals surface area contributed by atoms with Crippen LogP contribution in [0.3, 0.4) is 0 Å². The van der Waals surface area contributed by atoms with E-state index in [0.29, 0.717) is 5.56 Å². The largest absolute Gasteiger partial charge is 0.297 e. The van der Waals surface area contributed by atoms with E-state index in [-0.39, 0.29) is 5.91 Å². The van der Waals surface area contributed by atoms with Crippen LogP contribution in [0, 0.1) is 10.7 Å². The Kier molecular flexibility index (Phi) is 4.93. The molecule has 0 atom stereocenters. The van der Waals surface area contributed by atoms with Crippen LogP contribution in [0.5, 0.6) is 0 Å². The van der Waals surface area contributed by atoms with Crippen molar-refractivity contribution in [1.82, 2.24) is 0 Å². The van der Waals surface area contributed by atoms with Gasteiger partial charge in [0, 0.05) is 16.7 Å². The highest BCUT2D eigenvalue weighted by Crippen LogP contribution is 2.52. The topological polar surface area (TPSA) is 20.3 Å². The molecule has 5 rings (SSSR count). The average molecular weight is 460 g/mol. The third-order valence-electron chi connectivity index (χ3n) is 5.86. The Morgan fingerprint density at radius 2 is 1.61 bits per heavy atom. The maximum Gasteiger partial charge on any atom is 0.259 e. The summed E-state index contributed by atoms with van der Waals surface area (Å²) in [7, 11) is 3.31. The Morgan fingerprint density at radius 1 is 0.903 bits per heavy atom. The molecule has 0 fully saturated rings. The molecule has 0 unspecified atom stereocenters. The maximum absolute atomic E-state index is 14.2. The number of benzene rings is 3. The molecule has 1 aliphatic heterocycles. The molecule has 2 heterocycles. The number of amides is 1. The number of carbonyl (C=O) groups is 1. The Morgan fingerprint density at radius 3 is 2.39 bits per heavy atom. The minimum Gasteiger partial charge on any atom is -0.297 e. The zero-order chi connectivity index (χ0) is 21.8. The van der Waals surface area contributed by atoms with E-state index in [2.05, 4.69) is 39.0 Å². The predicted molar refractivity (Wildman–Crippen MR) is 135 cm³/mol. The van der Waals surface area contributed by atoms with Gasteiger partial charge in [0.15, 0.2) is 0 Å². The van der Waals surface area contributed by atoms with Gasteiger partial charge in [0.1, 0.15) is 3.82 Å². The van der Waals surface area contributed by atoms with Crippen LogP contribution in [0.4, 0.5) is 5.69 Å². The molecule has 0 saturated heterocycles. The molecular weight excluding hydrogens is 438 g/mol. The van der Waals surface area contributed by atoms with Gasteiger partial charge in [0.2, 0.25) is 0 Å². The van der Waals surface area contributed by atoms with Gasteiger partial charge in [0.25, 0.3) is 5.91 Å². The number of hydrogen-bond donors (Lipinski definition) is 0. The van der Waals surface area contributed by atoms with Crippen LogP contribution >= 0.6 is 32.9 Å². The second-order valence-electron chi connectivity index (χ2n) is 8.29. The summed E-state index contributed by atoms with van der Waals surface area (Å²) >= 11 is 5.69. The van der Waals surface area contributed by atoms with E-state index in [1.54, 1.807) is 20.7 Å². The first kappa shape index (κ1) is 20.3. The molecule has 0 N–H and O–H groups in total. The Balaban J connectivity index is 1.74. The normalized spacial score (nSPS) is 14.1. The summed E-state index contributed by atoms with van der Waals surface area (Å²) in [6.45, 7) is 6.31. The number of fused-ring (bicyclic) bond motifs is 3. The highest BCUT2D eigenvalue weighted by molar-refractivity contribution is 7.80. The van der Waals surface area contributed by atoms with Gasteiger partial charge in [-0.3, -0.25) is 9.69 Å². The minimum absolute atomic E-state index is 0.00581. The number of anilines is 1. The monoisotopic (exact) mass is 459 g/mol. The van der Waals surface area contributed by atoms with Crippen molar-refractivity contribution in [3.63, 3.8) is 0 Å². The predicted octanol–water partition coefficient (Wildman–Crippen LogP) is 8.08. The van der Waals surface area contributed by atoms with Crippen LogP contribution in [0.15, 0.2) is 72.8 Å². The van der Waals surface area contributed by atoms with Crippen LogP contribution in [0.1, 0.15) is 34.6 Å². The first-order valence-electron chi connectivity index (χ1n) is 10.1. The van der Waals surface area contributed by atoms with E-state index < -0.39 is 5.54 Å². The molecule has 1 aromatic heterocycles. The van der Waals surface area contributed by atoms with Crippen LogP contribution in [0.25, 0.3) is 22.3 Å². The SMILES string of the molecule is Cc1ccc2c(c1)N(C(=O)c1ccccc1-c1ccccc1)C(C)(C)c1ssc(=S)c1-2. The highest BCUT2D eigenvalue weighted by atomic mass is 32.9. The highest BCUT2D eigenvalue weighted by Gasteiger charge is 2.43.